The molecule has 88 valence electrons. The molecular weight excluding hydrogens is 242 g/mol. The fourth-order valence-corrected chi connectivity index (χ4v) is 2.74. The van der Waals surface area contributed by atoms with Crippen molar-refractivity contribution in [2.45, 2.75) is 26.2 Å². The predicted molar refractivity (Wildman–Crippen MR) is 68.3 cm³/mol. The summed E-state index contributed by atoms with van der Waals surface area (Å²) in [4.78, 5) is 17.9. The van der Waals surface area contributed by atoms with Gasteiger partial charge in [-0.15, -0.1) is 0 Å². The average molecular weight is 257 g/mol. The summed E-state index contributed by atoms with van der Waals surface area (Å²) in [6, 6.07) is 0. The monoisotopic (exact) mass is 257 g/mol. The molecule has 0 aliphatic carbocycles. The highest BCUT2D eigenvalue weighted by Crippen LogP contribution is 2.28. The van der Waals surface area contributed by atoms with E-state index in [9.17, 15) is 4.79 Å². The summed E-state index contributed by atoms with van der Waals surface area (Å²) in [5, 5.41) is 0.734. The van der Waals surface area contributed by atoms with Gasteiger partial charge < -0.3 is 0 Å². The summed E-state index contributed by atoms with van der Waals surface area (Å²) in [5.74, 6) is 2.37. The average Bonchev–Trinajstić information content (AvgIpc) is 2.83. The zero-order valence-electron chi connectivity index (χ0n) is 9.38. The first-order chi connectivity index (χ1) is 7.61. The molecule has 1 saturated heterocycles. The summed E-state index contributed by atoms with van der Waals surface area (Å²) >= 11 is 5.55. The number of anilines is 1. The van der Waals surface area contributed by atoms with Crippen molar-refractivity contribution in [2.24, 2.45) is 5.92 Å². The van der Waals surface area contributed by atoms with Crippen molar-refractivity contribution in [1.29, 1.82) is 0 Å². The maximum Gasteiger partial charge on any atom is 0.229 e. The third-order valence-corrected chi connectivity index (χ3v) is 3.91. The van der Waals surface area contributed by atoms with Crippen molar-refractivity contribution < 1.29 is 4.79 Å². The van der Waals surface area contributed by atoms with E-state index in [0.717, 1.165) is 23.3 Å². The van der Waals surface area contributed by atoms with E-state index >= 15 is 0 Å². The van der Waals surface area contributed by atoms with Gasteiger partial charge in [-0.2, -0.15) is 17.0 Å². The molecule has 4 nitrogen and oxygen atoms in total. The van der Waals surface area contributed by atoms with Crippen molar-refractivity contribution in [1.82, 2.24) is 9.36 Å². The lowest BCUT2D eigenvalue weighted by molar-refractivity contribution is -0.117. The summed E-state index contributed by atoms with van der Waals surface area (Å²) in [6.07, 6.45) is 0.583. The number of thiol groups is 1. The normalized spacial score (nSPS) is 21.1. The van der Waals surface area contributed by atoms with Crippen LogP contribution in [-0.2, 0) is 4.79 Å². The molecule has 2 rings (SSSR count). The Labute approximate surface area is 105 Å². The Morgan fingerprint density at radius 3 is 2.88 bits per heavy atom. The van der Waals surface area contributed by atoms with Gasteiger partial charge in [-0.05, 0) is 11.7 Å². The van der Waals surface area contributed by atoms with Crippen molar-refractivity contribution in [2.75, 3.05) is 17.2 Å². The topological polar surface area (TPSA) is 46.1 Å². The molecule has 1 aliphatic heterocycles. The molecule has 0 saturated carbocycles. The van der Waals surface area contributed by atoms with Crippen LogP contribution in [0.15, 0.2) is 0 Å². The van der Waals surface area contributed by atoms with E-state index in [1.807, 2.05) is 13.8 Å². The minimum absolute atomic E-state index is 0.144. The van der Waals surface area contributed by atoms with E-state index in [4.69, 9.17) is 0 Å². The Morgan fingerprint density at radius 2 is 2.38 bits per heavy atom. The second kappa shape index (κ2) is 4.71. The van der Waals surface area contributed by atoms with E-state index < -0.39 is 0 Å². The second-order valence-corrected chi connectivity index (χ2v) is 5.44. The van der Waals surface area contributed by atoms with Gasteiger partial charge >= 0.3 is 0 Å². The first-order valence-corrected chi connectivity index (χ1v) is 6.77. The quantitative estimate of drug-likeness (QED) is 0.842. The van der Waals surface area contributed by atoms with E-state index in [0.29, 0.717) is 18.3 Å². The molecule has 0 spiro atoms. The van der Waals surface area contributed by atoms with E-state index in [1.54, 1.807) is 4.90 Å². The predicted octanol–water partition coefficient (Wildman–Crippen LogP) is 1.94. The first-order valence-electron chi connectivity index (χ1n) is 5.36. The summed E-state index contributed by atoms with van der Waals surface area (Å²) in [5.41, 5.74) is 0. The van der Waals surface area contributed by atoms with Gasteiger partial charge in [-0.25, -0.2) is 4.98 Å². The summed E-state index contributed by atoms with van der Waals surface area (Å²) < 4.78 is 4.26. The van der Waals surface area contributed by atoms with Crippen LogP contribution in [0.25, 0.3) is 0 Å². The Balaban J connectivity index is 2.15. The van der Waals surface area contributed by atoms with Crippen LogP contribution < -0.4 is 4.90 Å². The second-order valence-electron chi connectivity index (χ2n) is 4.35. The highest BCUT2D eigenvalue weighted by Gasteiger charge is 2.31. The Bertz CT molecular complexity index is 391. The minimum atomic E-state index is 0.144. The smallest absolute Gasteiger partial charge is 0.229 e. The number of amides is 1. The van der Waals surface area contributed by atoms with Gasteiger partial charge in [-0.1, -0.05) is 13.8 Å². The van der Waals surface area contributed by atoms with Crippen LogP contribution in [0, 0.1) is 5.92 Å². The van der Waals surface area contributed by atoms with Crippen LogP contribution in [-0.4, -0.2) is 27.6 Å². The molecule has 16 heavy (non-hydrogen) atoms. The fourth-order valence-electron chi connectivity index (χ4n) is 1.66. The molecule has 1 amide bonds. The Morgan fingerprint density at radius 1 is 1.62 bits per heavy atom. The highest BCUT2D eigenvalue weighted by molar-refractivity contribution is 7.80. The lowest BCUT2D eigenvalue weighted by atomic mass is 10.1. The van der Waals surface area contributed by atoms with Crippen LogP contribution >= 0.6 is 24.2 Å². The van der Waals surface area contributed by atoms with Crippen molar-refractivity contribution in [3.63, 3.8) is 0 Å². The van der Waals surface area contributed by atoms with Gasteiger partial charge in [0, 0.05) is 30.4 Å². The van der Waals surface area contributed by atoms with Gasteiger partial charge in [-0.3, -0.25) is 9.69 Å². The molecular formula is C10H15N3OS2. The SMILES string of the molecule is CC(C)c1nsc(N2CC(CS)CC2=O)n1. The molecule has 1 atom stereocenters. The molecule has 1 unspecified atom stereocenters. The number of carbonyl (C=O) groups excluding carboxylic acids is 1. The van der Waals surface area contributed by atoms with Crippen LogP contribution in [0.4, 0.5) is 5.13 Å². The molecule has 0 bridgehead atoms. The van der Waals surface area contributed by atoms with Gasteiger partial charge in [0.25, 0.3) is 0 Å². The highest BCUT2D eigenvalue weighted by atomic mass is 32.1. The molecule has 6 heteroatoms. The molecule has 0 radical (unpaired) electrons. The maximum atomic E-state index is 11.8. The molecule has 1 aromatic heterocycles. The van der Waals surface area contributed by atoms with Crippen LogP contribution in [0.2, 0.25) is 0 Å². The molecule has 2 heterocycles. The largest absolute Gasteiger partial charge is 0.287 e. The number of nitrogens with zero attached hydrogens (tertiary/aromatic N) is 3. The fraction of sp³-hybridized carbons (Fsp3) is 0.700. The van der Waals surface area contributed by atoms with Crippen LogP contribution in [0.5, 0.6) is 0 Å². The van der Waals surface area contributed by atoms with Crippen LogP contribution in [0.3, 0.4) is 0 Å². The zero-order chi connectivity index (χ0) is 11.7. The van der Waals surface area contributed by atoms with Crippen molar-refractivity contribution in [3.05, 3.63) is 5.82 Å². The van der Waals surface area contributed by atoms with Crippen molar-refractivity contribution in [3.8, 4) is 0 Å². The Hall–Kier alpha value is -0.620. The lowest BCUT2D eigenvalue weighted by Crippen LogP contribution is -2.24. The number of hydrogen-bond acceptors (Lipinski definition) is 5. The number of hydrogen-bond donors (Lipinski definition) is 1. The molecule has 1 aliphatic rings. The third-order valence-electron chi connectivity index (χ3n) is 2.64. The molecule has 1 fully saturated rings. The van der Waals surface area contributed by atoms with Gasteiger partial charge in [0.05, 0.1) is 0 Å². The molecule has 1 aromatic rings. The van der Waals surface area contributed by atoms with Gasteiger partial charge in [0.1, 0.15) is 5.82 Å². The maximum absolute atomic E-state index is 11.8. The van der Waals surface area contributed by atoms with Crippen molar-refractivity contribution >= 4 is 35.2 Å². The Kier molecular flexibility index (Phi) is 3.49. The minimum Gasteiger partial charge on any atom is -0.287 e. The van der Waals surface area contributed by atoms with Gasteiger partial charge in [0.15, 0.2) is 0 Å². The number of rotatable bonds is 3. The lowest BCUT2D eigenvalue weighted by Gasteiger charge is -2.11. The van der Waals surface area contributed by atoms with E-state index in [1.165, 1.54) is 11.5 Å². The van der Waals surface area contributed by atoms with Gasteiger partial charge in [0.2, 0.25) is 11.0 Å². The summed E-state index contributed by atoms with van der Waals surface area (Å²) in [6.45, 7) is 4.83. The van der Waals surface area contributed by atoms with Crippen LogP contribution in [0.1, 0.15) is 32.0 Å². The van der Waals surface area contributed by atoms with E-state index in [2.05, 4.69) is 22.0 Å². The van der Waals surface area contributed by atoms with E-state index in [-0.39, 0.29) is 5.91 Å². The summed E-state index contributed by atoms with van der Waals surface area (Å²) in [7, 11) is 0. The number of aromatic nitrogens is 2. The zero-order valence-corrected chi connectivity index (χ0v) is 11.1. The number of carbonyl (C=O) groups is 1. The first kappa shape index (κ1) is 11.9. The third kappa shape index (κ3) is 2.22. The molecule has 0 aromatic carbocycles. The molecule has 0 N–H and O–H groups in total. The standard InChI is InChI=1S/C10H15N3OS2/c1-6(2)9-11-10(16-12-9)13-4-7(5-15)3-8(13)14/h6-7,15H,3-5H2,1-2H3.